The molecule has 110 valence electrons. The zero-order chi connectivity index (χ0) is 14.1. The number of hydrogen-bond donors (Lipinski definition) is 1. The molecule has 1 N–H and O–H groups in total. The molecule has 0 radical (unpaired) electrons. The molecule has 5 nitrogen and oxygen atoms in total. The quantitative estimate of drug-likeness (QED) is 0.707. The van der Waals surface area contributed by atoms with E-state index in [0.29, 0.717) is 12.0 Å². The molecule has 1 aromatic heterocycles. The molecule has 0 bridgehead atoms. The molecule has 1 unspecified atom stereocenters. The van der Waals surface area contributed by atoms with Gasteiger partial charge in [0.15, 0.2) is 5.82 Å². The maximum atomic E-state index is 4.32. The summed E-state index contributed by atoms with van der Waals surface area (Å²) >= 11 is 0. The molecule has 0 aliphatic carbocycles. The van der Waals surface area contributed by atoms with Crippen molar-refractivity contribution < 1.29 is 0 Å². The van der Waals surface area contributed by atoms with Crippen LogP contribution in [0.25, 0.3) is 0 Å². The topological polar surface area (TPSA) is 55.6 Å². The predicted molar refractivity (Wildman–Crippen MR) is 77.9 cm³/mol. The minimum absolute atomic E-state index is 0.476. The van der Waals surface area contributed by atoms with Crippen LogP contribution >= 0.6 is 0 Å². The van der Waals surface area contributed by atoms with Crippen molar-refractivity contribution in [1.82, 2.24) is 25.5 Å². The monoisotopic (exact) mass is 267 g/mol. The second-order valence-electron chi connectivity index (χ2n) is 5.30. The van der Waals surface area contributed by atoms with Gasteiger partial charge in [0.25, 0.3) is 0 Å². The molecule has 1 heterocycles. The molecule has 0 aromatic carbocycles. The summed E-state index contributed by atoms with van der Waals surface area (Å²) < 4.78 is 0. The number of nitrogens with one attached hydrogen (secondary N) is 1. The van der Waals surface area contributed by atoms with E-state index in [0.717, 1.165) is 25.2 Å². The minimum Gasteiger partial charge on any atom is -0.313 e. The summed E-state index contributed by atoms with van der Waals surface area (Å²) in [5.74, 6) is 1.57. The fraction of sp³-hybridized carbons (Fsp3) is 0.929. The third-order valence-electron chi connectivity index (χ3n) is 3.50. The second-order valence-corrected chi connectivity index (χ2v) is 5.30. The van der Waals surface area contributed by atoms with E-state index in [9.17, 15) is 0 Å². The molecule has 0 fully saturated rings. The summed E-state index contributed by atoms with van der Waals surface area (Å²) in [7, 11) is 1.82. The zero-order valence-corrected chi connectivity index (χ0v) is 12.9. The highest BCUT2D eigenvalue weighted by atomic mass is 15.6. The maximum Gasteiger partial charge on any atom is 0.176 e. The lowest BCUT2D eigenvalue weighted by Gasteiger charge is -2.27. The van der Waals surface area contributed by atoms with E-state index in [4.69, 9.17) is 0 Å². The molecule has 0 aliphatic rings. The Hall–Kier alpha value is -0.970. The molecule has 1 rings (SSSR count). The Morgan fingerprint density at radius 2 is 1.79 bits per heavy atom. The molecule has 5 heteroatoms. The van der Waals surface area contributed by atoms with E-state index >= 15 is 0 Å². The average molecular weight is 267 g/mol. The van der Waals surface area contributed by atoms with Crippen LogP contribution in [0.1, 0.15) is 58.7 Å². The summed E-state index contributed by atoms with van der Waals surface area (Å²) in [6.45, 7) is 7.80. The van der Waals surface area contributed by atoms with Crippen molar-refractivity contribution in [3.8, 4) is 0 Å². The van der Waals surface area contributed by atoms with E-state index in [1.165, 1.54) is 25.7 Å². The fourth-order valence-electron chi connectivity index (χ4n) is 2.63. The van der Waals surface area contributed by atoms with Gasteiger partial charge in [0.05, 0.1) is 7.05 Å². The smallest absolute Gasteiger partial charge is 0.176 e. The Morgan fingerprint density at radius 1 is 1.11 bits per heavy atom. The number of aryl methyl sites for hydroxylation is 1. The van der Waals surface area contributed by atoms with Gasteiger partial charge < -0.3 is 5.32 Å². The number of hydrogen-bond acceptors (Lipinski definition) is 4. The third-order valence-corrected chi connectivity index (χ3v) is 3.50. The van der Waals surface area contributed by atoms with E-state index in [1.54, 1.807) is 4.80 Å². The van der Waals surface area contributed by atoms with Crippen molar-refractivity contribution in [2.45, 2.75) is 65.3 Å². The summed E-state index contributed by atoms with van der Waals surface area (Å²) in [6.07, 6.45) is 7.07. The molecule has 0 aliphatic heterocycles. The van der Waals surface area contributed by atoms with Crippen LogP contribution in [0.4, 0.5) is 0 Å². The first-order valence-electron chi connectivity index (χ1n) is 7.67. The molecule has 19 heavy (non-hydrogen) atoms. The van der Waals surface area contributed by atoms with Gasteiger partial charge in [0.1, 0.15) is 0 Å². The molecule has 0 amide bonds. The summed E-state index contributed by atoms with van der Waals surface area (Å²) in [5, 5.41) is 16.1. The molecule has 0 saturated heterocycles. The number of nitrogens with zero attached hydrogens (tertiary/aromatic N) is 4. The number of rotatable bonds is 10. The van der Waals surface area contributed by atoms with Crippen LogP contribution in [0.15, 0.2) is 0 Å². The first-order chi connectivity index (χ1) is 9.21. The van der Waals surface area contributed by atoms with Gasteiger partial charge >= 0.3 is 0 Å². The Balaban J connectivity index is 2.67. The normalized spacial score (nSPS) is 13.1. The van der Waals surface area contributed by atoms with Gasteiger partial charge in [-0.25, -0.2) is 0 Å². The van der Waals surface area contributed by atoms with Crippen LogP contribution in [0.3, 0.4) is 0 Å². The summed E-state index contributed by atoms with van der Waals surface area (Å²) in [4.78, 5) is 1.54. The molecular formula is C14H29N5. The van der Waals surface area contributed by atoms with E-state index in [1.807, 2.05) is 7.05 Å². The average Bonchev–Trinajstić information content (AvgIpc) is 2.80. The molecular weight excluding hydrogens is 238 g/mol. The highest BCUT2D eigenvalue weighted by Crippen LogP contribution is 2.20. The van der Waals surface area contributed by atoms with Crippen LogP contribution in [0.5, 0.6) is 0 Å². The second kappa shape index (κ2) is 9.02. The van der Waals surface area contributed by atoms with Gasteiger partial charge in [0, 0.05) is 12.5 Å². The van der Waals surface area contributed by atoms with Crippen LogP contribution < -0.4 is 5.32 Å². The van der Waals surface area contributed by atoms with Gasteiger partial charge in [-0.3, -0.25) is 0 Å². The largest absolute Gasteiger partial charge is 0.313 e. The van der Waals surface area contributed by atoms with E-state index in [2.05, 4.69) is 41.5 Å². The van der Waals surface area contributed by atoms with Crippen LogP contribution in [-0.2, 0) is 13.5 Å². The molecule has 1 atom stereocenters. The first-order valence-corrected chi connectivity index (χ1v) is 7.67. The SMILES string of the molecule is CCCNC(Cc1nnn(C)n1)C(CCC)CCC. The van der Waals surface area contributed by atoms with Crippen LogP contribution in [-0.4, -0.2) is 32.8 Å². The lowest BCUT2D eigenvalue weighted by Crippen LogP contribution is -2.39. The van der Waals surface area contributed by atoms with Crippen LogP contribution in [0.2, 0.25) is 0 Å². The molecule has 1 aromatic rings. The van der Waals surface area contributed by atoms with Gasteiger partial charge in [-0.1, -0.05) is 33.6 Å². The van der Waals surface area contributed by atoms with Gasteiger partial charge in [-0.05, 0) is 36.9 Å². The Labute approximate surface area is 117 Å². The zero-order valence-electron chi connectivity index (χ0n) is 12.9. The fourth-order valence-corrected chi connectivity index (χ4v) is 2.63. The van der Waals surface area contributed by atoms with Crippen molar-refractivity contribution in [3.63, 3.8) is 0 Å². The van der Waals surface area contributed by atoms with Gasteiger partial charge in [-0.2, -0.15) is 4.80 Å². The lowest BCUT2D eigenvalue weighted by molar-refractivity contribution is 0.305. The van der Waals surface area contributed by atoms with Crippen molar-refractivity contribution in [2.75, 3.05) is 6.54 Å². The Morgan fingerprint density at radius 3 is 2.26 bits per heavy atom. The first kappa shape index (κ1) is 16.1. The summed E-state index contributed by atoms with van der Waals surface area (Å²) in [5.41, 5.74) is 0. The van der Waals surface area contributed by atoms with E-state index < -0.39 is 0 Å². The molecule has 0 spiro atoms. The number of aromatic nitrogens is 4. The minimum atomic E-state index is 0.476. The lowest BCUT2D eigenvalue weighted by atomic mass is 9.88. The van der Waals surface area contributed by atoms with Crippen molar-refractivity contribution in [1.29, 1.82) is 0 Å². The highest BCUT2D eigenvalue weighted by Gasteiger charge is 2.21. The molecule has 0 saturated carbocycles. The standard InChI is InChI=1S/C14H29N5/c1-5-8-12(9-6-2)13(15-10-7-3)11-14-16-18-19(4)17-14/h12-13,15H,5-11H2,1-4H3. The van der Waals surface area contributed by atoms with Gasteiger partial charge in [-0.15, -0.1) is 10.2 Å². The third kappa shape index (κ3) is 5.68. The summed E-state index contributed by atoms with van der Waals surface area (Å²) in [6, 6.07) is 0.476. The van der Waals surface area contributed by atoms with Crippen molar-refractivity contribution >= 4 is 0 Å². The Bertz CT molecular complexity index is 330. The highest BCUT2D eigenvalue weighted by molar-refractivity contribution is 4.88. The van der Waals surface area contributed by atoms with Gasteiger partial charge in [0.2, 0.25) is 0 Å². The van der Waals surface area contributed by atoms with E-state index in [-0.39, 0.29) is 0 Å². The van der Waals surface area contributed by atoms with Crippen LogP contribution in [0, 0.1) is 5.92 Å². The van der Waals surface area contributed by atoms with Crippen molar-refractivity contribution in [3.05, 3.63) is 5.82 Å². The Kier molecular flexibility index (Phi) is 7.63. The van der Waals surface area contributed by atoms with Crippen molar-refractivity contribution in [2.24, 2.45) is 13.0 Å². The maximum absolute atomic E-state index is 4.32. The predicted octanol–water partition coefficient (Wildman–Crippen LogP) is 2.34. The number of tetrazole rings is 1.